The van der Waals surface area contributed by atoms with Gasteiger partial charge in [0.2, 0.25) is 5.91 Å². The summed E-state index contributed by atoms with van der Waals surface area (Å²) < 4.78 is 11.7. The van der Waals surface area contributed by atoms with Gasteiger partial charge in [0.1, 0.15) is 23.6 Å². The predicted molar refractivity (Wildman–Crippen MR) is 111 cm³/mol. The Bertz CT molecular complexity index is 743. The highest BCUT2D eigenvalue weighted by molar-refractivity contribution is 5.86. The molecule has 0 spiro atoms. The summed E-state index contributed by atoms with van der Waals surface area (Å²) in [7, 11) is 0. The van der Waals surface area contributed by atoms with Gasteiger partial charge in [-0.15, -0.1) is 0 Å². The van der Waals surface area contributed by atoms with Gasteiger partial charge in [-0.25, -0.2) is 19.1 Å². The van der Waals surface area contributed by atoms with Crippen LogP contribution in [-0.2, 0) is 20.7 Å². The number of amides is 2. The Morgan fingerprint density at radius 1 is 1.06 bits per heavy atom. The van der Waals surface area contributed by atoms with Crippen LogP contribution in [-0.4, -0.2) is 86.3 Å². The van der Waals surface area contributed by atoms with Crippen LogP contribution < -0.4 is 5.32 Å². The van der Waals surface area contributed by atoms with E-state index in [-0.39, 0.29) is 32.7 Å². The van der Waals surface area contributed by atoms with Crippen LogP contribution in [0.1, 0.15) is 47.2 Å². The number of nitrogens with one attached hydrogen (secondary N) is 1. The van der Waals surface area contributed by atoms with E-state index in [9.17, 15) is 24.6 Å². The summed E-state index contributed by atoms with van der Waals surface area (Å²) >= 11 is 0. The molecule has 31 heavy (non-hydrogen) atoms. The Kier molecular flexibility index (Phi) is 9.44. The number of aliphatic hydroxyl groups excluding tert-OH is 2. The lowest BCUT2D eigenvalue weighted by Gasteiger charge is -2.27. The first-order chi connectivity index (χ1) is 14.3. The molecule has 0 radical (unpaired) electrons. The lowest BCUT2D eigenvalue weighted by molar-refractivity contribution is -0.134. The summed E-state index contributed by atoms with van der Waals surface area (Å²) in [6.45, 7) is 9.63. The second-order valence-corrected chi connectivity index (χ2v) is 8.93. The molecule has 11 nitrogen and oxygen atoms in total. The van der Waals surface area contributed by atoms with Gasteiger partial charge >= 0.3 is 12.2 Å². The molecule has 0 aliphatic heterocycles. The fourth-order valence-electron chi connectivity index (χ4n) is 2.54. The minimum atomic E-state index is -1.09. The SMILES string of the molecule is CC(C)(C)OC(=O)NC(Cc1cn(C(=O)OC(C)(C)C)cn1)C(=O)N(CCO)CCO. The molecule has 0 saturated heterocycles. The third-order valence-corrected chi connectivity index (χ3v) is 3.69. The molecule has 2 amide bonds. The molecule has 0 aliphatic carbocycles. The number of alkyl carbamates (subject to hydrolysis) is 1. The van der Waals surface area contributed by atoms with Crippen molar-refractivity contribution in [1.82, 2.24) is 19.8 Å². The average molecular weight is 443 g/mol. The highest BCUT2D eigenvalue weighted by Crippen LogP contribution is 2.12. The van der Waals surface area contributed by atoms with E-state index in [0.717, 1.165) is 4.57 Å². The monoisotopic (exact) mass is 442 g/mol. The lowest BCUT2D eigenvalue weighted by atomic mass is 10.1. The highest BCUT2D eigenvalue weighted by atomic mass is 16.6. The van der Waals surface area contributed by atoms with Crippen LogP contribution in [0, 0.1) is 0 Å². The second kappa shape index (κ2) is 11.1. The number of nitrogens with zero attached hydrogens (tertiary/aromatic N) is 3. The molecule has 3 N–H and O–H groups in total. The fraction of sp³-hybridized carbons (Fsp3) is 0.700. The van der Waals surface area contributed by atoms with Crippen molar-refractivity contribution >= 4 is 18.1 Å². The molecule has 1 aromatic heterocycles. The van der Waals surface area contributed by atoms with Gasteiger partial charge < -0.3 is 29.9 Å². The van der Waals surface area contributed by atoms with Crippen LogP contribution in [0.5, 0.6) is 0 Å². The van der Waals surface area contributed by atoms with Crippen LogP contribution >= 0.6 is 0 Å². The number of aliphatic hydroxyl groups is 2. The quantitative estimate of drug-likeness (QED) is 0.539. The molecule has 0 bridgehead atoms. The van der Waals surface area contributed by atoms with Gasteiger partial charge in [-0.3, -0.25) is 4.79 Å². The maximum absolute atomic E-state index is 13.0. The standard InChI is InChI=1S/C20H34N4O7/c1-19(2,3)30-17(28)22-15(16(27)23(7-9-25)8-10-26)11-14-12-24(13-21-14)18(29)31-20(4,5)6/h12-13,15,25-26H,7-11H2,1-6H3,(H,22,28). The predicted octanol–water partition coefficient (Wildman–Crippen LogP) is 0.915. The third-order valence-electron chi connectivity index (χ3n) is 3.69. The molecule has 11 heteroatoms. The Balaban J connectivity index is 3.04. The number of rotatable bonds is 8. The number of hydrogen-bond donors (Lipinski definition) is 3. The first kappa shape index (κ1) is 26.4. The minimum absolute atomic E-state index is 0.0156. The zero-order valence-electron chi connectivity index (χ0n) is 19.0. The van der Waals surface area contributed by atoms with Crippen LogP contribution in [0.4, 0.5) is 9.59 Å². The van der Waals surface area contributed by atoms with Crippen LogP contribution in [0.3, 0.4) is 0 Å². The summed E-state index contributed by atoms with van der Waals surface area (Å²) in [6, 6.07) is -1.09. The number of aromatic nitrogens is 2. The van der Waals surface area contributed by atoms with Gasteiger partial charge in [0.05, 0.1) is 18.9 Å². The number of carbonyl (C=O) groups is 3. The maximum Gasteiger partial charge on any atom is 0.419 e. The number of hydrogen-bond acceptors (Lipinski definition) is 8. The molecule has 1 heterocycles. The summed E-state index contributed by atoms with van der Waals surface area (Å²) in [5.41, 5.74) is -1.10. The zero-order chi connectivity index (χ0) is 23.8. The van der Waals surface area contributed by atoms with E-state index in [1.54, 1.807) is 41.5 Å². The second-order valence-electron chi connectivity index (χ2n) is 8.93. The van der Waals surface area contributed by atoms with E-state index in [2.05, 4.69) is 10.3 Å². The molecule has 0 saturated carbocycles. The number of carbonyl (C=O) groups excluding carboxylic acids is 3. The highest BCUT2D eigenvalue weighted by Gasteiger charge is 2.29. The maximum atomic E-state index is 13.0. The van der Waals surface area contributed by atoms with E-state index >= 15 is 0 Å². The minimum Gasteiger partial charge on any atom is -0.444 e. The summed E-state index contributed by atoms with van der Waals surface area (Å²) in [5.74, 6) is -0.527. The van der Waals surface area contributed by atoms with Crippen molar-refractivity contribution in [1.29, 1.82) is 0 Å². The first-order valence-electron chi connectivity index (χ1n) is 10.0. The number of imidazole rings is 1. The Labute approximate surface area is 182 Å². The first-order valence-corrected chi connectivity index (χ1v) is 10.0. The van der Waals surface area contributed by atoms with Crippen molar-refractivity contribution in [3.05, 3.63) is 18.2 Å². The number of ether oxygens (including phenoxy) is 2. The molecule has 176 valence electrons. The summed E-state index contributed by atoms with van der Waals surface area (Å²) in [6.07, 6.45) is 1.20. The van der Waals surface area contributed by atoms with Gasteiger partial charge in [0.15, 0.2) is 0 Å². The van der Waals surface area contributed by atoms with Gasteiger partial charge in [0, 0.05) is 25.7 Å². The van der Waals surface area contributed by atoms with Gasteiger partial charge in [-0.1, -0.05) is 0 Å². The third kappa shape index (κ3) is 9.79. The fourth-order valence-corrected chi connectivity index (χ4v) is 2.54. The Morgan fingerprint density at radius 3 is 2.10 bits per heavy atom. The zero-order valence-corrected chi connectivity index (χ0v) is 19.0. The summed E-state index contributed by atoms with van der Waals surface area (Å²) in [4.78, 5) is 42.8. The van der Waals surface area contributed by atoms with Gasteiger partial charge in [-0.2, -0.15) is 0 Å². The van der Waals surface area contributed by atoms with Crippen molar-refractivity contribution in [2.45, 2.75) is 65.2 Å². The molecule has 0 aromatic carbocycles. The largest absolute Gasteiger partial charge is 0.444 e. The van der Waals surface area contributed by atoms with E-state index in [1.165, 1.54) is 17.4 Å². The molecule has 0 aliphatic rings. The Hall–Kier alpha value is -2.66. The molecule has 1 rings (SSSR count). The normalized spacial score (nSPS) is 12.8. The Morgan fingerprint density at radius 2 is 1.61 bits per heavy atom. The molecule has 1 unspecified atom stereocenters. The van der Waals surface area contributed by atoms with E-state index in [0.29, 0.717) is 5.69 Å². The van der Waals surface area contributed by atoms with Crippen LogP contribution in [0.15, 0.2) is 12.5 Å². The molecule has 1 atom stereocenters. The van der Waals surface area contributed by atoms with Crippen molar-refractivity contribution in [2.24, 2.45) is 0 Å². The average Bonchev–Trinajstić information content (AvgIpc) is 3.06. The van der Waals surface area contributed by atoms with Crippen LogP contribution in [0.2, 0.25) is 0 Å². The molecular weight excluding hydrogens is 408 g/mol. The lowest BCUT2D eigenvalue weighted by Crippen LogP contribution is -2.52. The van der Waals surface area contributed by atoms with E-state index in [1.807, 2.05) is 0 Å². The van der Waals surface area contributed by atoms with E-state index < -0.39 is 35.3 Å². The van der Waals surface area contributed by atoms with Gasteiger partial charge in [0.25, 0.3) is 0 Å². The molecular formula is C20H34N4O7. The van der Waals surface area contributed by atoms with Crippen molar-refractivity contribution in [3.63, 3.8) is 0 Å². The van der Waals surface area contributed by atoms with Gasteiger partial charge in [-0.05, 0) is 41.5 Å². The molecule has 1 aromatic rings. The molecule has 0 fully saturated rings. The van der Waals surface area contributed by atoms with E-state index in [4.69, 9.17) is 9.47 Å². The van der Waals surface area contributed by atoms with Crippen LogP contribution in [0.25, 0.3) is 0 Å². The van der Waals surface area contributed by atoms with Crippen molar-refractivity contribution in [2.75, 3.05) is 26.3 Å². The van der Waals surface area contributed by atoms with Crippen molar-refractivity contribution < 1.29 is 34.1 Å². The summed E-state index contributed by atoms with van der Waals surface area (Å²) in [5, 5.41) is 21.0. The topological polar surface area (TPSA) is 143 Å². The van der Waals surface area contributed by atoms with Crippen molar-refractivity contribution in [3.8, 4) is 0 Å². The smallest absolute Gasteiger partial charge is 0.419 e.